The van der Waals surface area contributed by atoms with E-state index in [1.54, 1.807) is 0 Å². The number of amides is 2. The summed E-state index contributed by atoms with van der Waals surface area (Å²) in [5, 5.41) is -0.171. The molecule has 0 aromatic heterocycles. The van der Waals surface area contributed by atoms with Crippen LogP contribution >= 0.6 is 11.8 Å². The van der Waals surface area contributed by atoms with Gasteiger partial charge in [0.1, 0.15) is 0 Å². The van der Waals surface area contributed by atoms with Crippen molar-refractivity contribution in [2.24, 2.45) is 5.73 Å². The Kier molecular flexibility index (Phi) is 4.48. The highest BCUT2D eigenvalue weighted by molar-refractivity contribution is 8.14. The summed E-state index contributed by atoms with van der Waals surface area (Å²) < 4.78 is 0. The molecule has 2 amide bonds. The minimum Gasteiger partial charge on any atom is -1.00 e. The maximum Gasteiger partial charge on any atom is 0.288 e. The molecule has 1 fully saturated rings. The molecule has 1 aliphatic heterocycles. The van der Waals surface area contributed by atoms with E-state index in [4.69, 9.17) is 5.73 Å². The number of nitrogens with zero attached hydrogens (tertiary/aromatic N) is 1. The van der Waals surface area contributed by atoms with Crippen molar-refractivity contribution in [3.05, 3.63) is 0 Å². The fourth-order valence-corrected chi connectivity index (χ4v) is 1.48. The van der Waals surface area contributed by atoms with E-state index >= 15 is 0 Å². The maximum absolute atomic E-state index is 10.8. The Morgan fingerprint density at radius 3 is 2.55 bits per heavy atom. The van der Waals surface area contributed by atoms with Gasteiger partial charge in [-0.3, -0.25) is 14.5 Å². The van der Waals surface area contributed by atoms with Gasteiger partial charge in [-0.15, -0.1) is 0 Å². The van der Waals surface area contributed by atoms with Crippen LogP contribution in [0.5, 0.6) is 0 Å². The second-order valence-corrected chi connectivity index (χ2v) is 2.82. The molecule has 0 radical (unpaired) electrons. The molecule has 0 aromatic carbocycles. The van der Waals surface area contributed by atoms with E-state index in [2.05, 4.69) is 0 Å². The zero-order valence-electron chi connectivity index (χ0n) is 5.75. The summed E-state index contributed by atoms with van der Waals surface area (Å²) in [6.07, 6.45) is 0. The van der Waals surface area contributed by atoms with Crippen molar-refractivity contribution in [1.29, 1.82) is 0 Å². The Morgan fingerprint density at radius 2 is 2.18 bits per heavy atom. The first-order chi connectivity index (χ1) is 4.75. The van der Waals surface area contributed by atoms with Crippen molar-refractivity contribution in [3.8, 4) is 0 Å². The summed E-state index contributed by atoms with van der Waals surface area (Å²) in [6.45, 7) is 0.697. The van der Waals surface area contributed by atoms with Crippen LogP contribution in [0.2, 0.25) is 0 Å². The van der Waals surface area contributed by atoms with E-state index in [0.717, 1.165) is 11.8 Å². The molecule has 0 spiro atoms. The van der Waals surface area contributed by atoms with Crippen LogP contribution in [0, 0.1) is 0 Å². The van der Waals surface area contributed by atoms with Crippen molar-refractivity contribution in [2.45, 2.75) is 0 Å². The van der Waals surface area contributed by atoms with Crippen LogP contribution in [0.25, 0.3) is 0 Å². The monoisotopic (exact) mass is 195 g/mol. The van der Waals surface area contributed by atoms with E-state index < -0.39 is 0 Å². The third-order valence-electron chi connectivity index (χ3n) is 1.19. The largest absolute Gasteiger partial charge is 1.00 e. The highest BCUT2D eigenvalue weighted by Gasteiger charge is 2.28. The van der Waals surface area contributed by atoms with Gasteiger partial charge < -0.3 is 18.1 Å². The van der Waals surface area contributed by atoms with Gasteiger partial charge in [0, 0.05) is 13.1 Å². The number of hydrogen-bond donors (Lipinski definition) is 1. The molecule has 6 heteroatoms. The summed E-state index contributed by atoms with van der Waals surface area (Å²) in [7, 11) is 0. The second kappa shape index (κ2) is 4.58. The van der Waals surface area contributed by atoms with Crippen LogP contribution in [-0.4, -0.2) is 34.9 Å². The quantitative estimate of drug-likeness (QED) is 0.500. The standard InChI is InChI=1S/C5H8N2O2S.ClH/c6-1-2-7-4(8)3-10-5(7)9;/h1-3,6H2;1H/p-1. The van der Waals surface area contributed by atoms with Crippen LogP contribution in [0.1, 0.15) is 0 Å². The van der Waals surface area contributed by atoms with Gasteiger partial charge >= 0.3 is 0 Å². The number of carbonyl (C=O) groups is 2. The normalized spacial score (nSPS) is 17.0. The van der Waals surface area contributed by atoms with Crippen LogP contribution in [-0.2, 0) is 4.79 Å². The Hall–Kier alpha value is -0.260. The van der Waals surface area contributed by atoms with Crippen LogP contribution in [0.4, 0.5) is 4.79 Å². The number of carbonyl (C=O) groups excluding carboxylic acids is 2. The Bertz CT molecular complexity index is 160. The minimum atomic E-state index is -0.171. The molecule has 0 bridgehead atoms. The topological polar surface area (TPSA) is 63.4 Å². The molecule has 2 N–H and O–H groups in total. The van der Waals surface area contributed by atoms with E-state index in [-0.39, 0.29) is 29.3 Å². The predicted molar refractivity (Wildman–Crippen MR) is 38.6 cm³/mol. The first-order valence-electron chi connectivity index (χ1n) is 2.93. The van der Waals surface area contributed by atoms with Crippen LogP contribution in [0.15, 0.2) is 0 Å². The molecule has 0 aromatic rings. The molecule has 1 rings (SSSR count). The van der Waals surface area contributed by atoms with Gasteiger partial charge in [0.2, 0.25) is 5.91 Å². The lowest BCUT2D eigenvalue weighted by atomic mass is 10.5. The fourth-order valence-electron chi connectivity index (χ4n) is 0.726. The van der Waals surface area contributed by atoms with Gasteiger partial charge in [0.05, 0.1) is 5.75 Å². The SMILES string of the molecule is NCCN1C(=O)CSC1=O.[Cl-]. The molecular weight excluding hydrogens is 188 g/mol. The number of rotatable bonds is 2. The zero-order valence-corrected chi connectivity index (χ0v) is 7.32. The van der Waals surface area contributed by atoms with Crippen LogP contribution in [0.3, 0.4) is 0 Å². The third kappa shape index (κ3) is 2.36. The molecule has 11 heavy (non-hydrogen) atoms. The number of thioether (sulfide) groups is 1. The Balaban J connectivity index is 0.000001000. The van der Waals surface area contributed by atoms with Crippen molar-refractivity contribution in [1.82, 2.24) is 4.90 Å². The average Bonchev–Trinajstić information content (AvgIpc) is 2.20. The van der Waals surface area contributed by atoms with Gasteiger partial charge in [0.25, 0.3) is 5.24 Å². The highest BCUT2D eigenvalue weighted by Crippen LogP contribution is 2.17. The molecular formula is C5H8ClN2O2S-. The van der Waals surface area contributed by atoms with Crippen LogP contribution < -0.4 is 18.1 Å². The summed E-state index contributed by atoms with van der Waals surface area (Å²) in [5.74, 6) is 0.152. The molecule has 0 aliphatic carbocycles. The van der Waals surface area contributed by atoms with Crippen molar-refractivity contribution in [3.63, 3.8) is 0 Å². The summed E-state index contributed by atoms with van der Waals surface area (Å²) >= 11 is 1.04. The van der Waals surface area contributed by atoms with E-state index in [1.807, 2.05) is 0 Å². The molecule has 0 saturated carbocycles. The summed E-state index contributed by atoms with van der Waals surface area (Å²) in [6, 6.07) is 0. The first kappa shape index (κ1) is 10.7. The van der Waals surface area contributed by atoms with Crippen molar-refractivity contribution < 1.29 is 22.0 Å². The molecule has 1 saturated heterocycles. The molecule has 0 unspecified atom stereocenters. The first-order valence-corrected chi connectivity index (χ1v) is 3.91. The number of hydrogen-bond acceptors (Lipinski definition) is 4. The third-order valence-corrected chi connectivity index (χ3v) is 2.05. The van der Waals surface area contributed by atoms with Gasteiger partial charge in [0.15, 0.2) is 0 Å². The maximum atomic E-state index is 10.8. The number of nitrogens with two attached hydrogens (primary N) is 1. The smallest absolute Gasteiger partial charge is 0.288 e. The molecule has 1 aliphatic rings. The van der Waals surface area contributed by atoms with Gasteiger partial charge in [-0.25, -0.2) is 0 Å². The van der Waals surface area contributed by atoms with E-state index in [9.17, 15) is 9.59 Å². The summed E-state index contributed by atoms with van der Waals surface area (Å²) in [4.78, 5) is 22.8. The number of halogens is 1. The van der Waals surface area contributed by atoms with E-state index in [0.29, 0.717) is 13.1 Å². The molecule has 1 heterocycles. The molecule has 4 nitrogen and oxygen atoms in total. The zero-order chi connectivity index (χ0) is 7.56. The van der Waals surface area contributed by atoms with Crippen molar-refractivity contribution >= 4 is 22.9 Å². The lowest BCUT2D eigenvalue weighted by Crippen LogP contribution is -3.00. The average molecular weight is 196 g/mol. The highest BCUT2D eigenvalue weighted by atomic mass is 35.5. The molecule has 64 valence electrons. The number of imide groups is 1. The van der Waals surface area contributed by atoms with Gasteiger partial charge in [-0.05, 0) is 0 Å². The Labute approximate surface area is 74.9 Å². The van der Waals surface area contributed by atoms with Gasteiger partial charge in [-0.1, -0.05) is 11.8 Å². The van der Waals surface area contributed by atoms with Crippen molar-refractivity contribution in [2.75, 3.05) is 18.8 Å². The lowest BCUT2D eigenvalue weighted by molar-refractivity contribution is -0.124. The van der Waals surface area contributed by atoms with Gasteiger partial charge in [-0.2, -0.15) is 0 Å². The second-order valence-electron chi connectivity index (χ2n) is 1.89. The summed E-state index contributed by atoms with van der Waals surface area (Å²) in [5.41, 5.74) is 5.18. The predicted octanol–water partition coefficient (Wildman–Crippen LogP) is -3.36. The van der Waals surface area contributed by atoms with E-state index in [1.165, 1.54) is 4.90 Å². The Morgan fingerprint density at radius 1 is 1.55 bits per heavy atom. The minimum absolute atomic E-state index is 0. The lowest BCUT2D eigenvalue weighted by Gasteiger charge is -2.09. The molecule has 0 atom stereocenters. The fraction of sp³-hybridized carbons (Fsp3) is 0.600.